The molecule has 83 heavy (non-hydrogen) atoms. The second-order valence-electron chi connectivity index (χ2n) is 20.5. The maximum absolute atomic E-state index is 11.3. The van der Waals surface area contributed by atoms with Gasteiger partial charge in [0.05, 0.1) is 21.4 Å². The van der Waals surface area contributed by atoms with Crippen LogP contribution in [0.4, 0.5) is 15.1 Å². The summed E-state index contributed by atoms with van der Waals surface area (Å²) in [7, 11) is -1.45. The van der Waals surface area contributed by atoms with Gasteiger partial charge in [0, 0.05) is 75.7 Å². The summed E-state index contributed by atoms with van der Waals surface area (Å²) in [6, 6.07) is 49.7. The van der Waals surface area contributed by atoms with Crippen LogP contribution in [-0.2, 0) is 24.0 Å². The fraction of sp³-hybridized carbons (Fsp3) is 0.121. The van der Waals surface area contributed by atoms with E-state index >= 15 is 0 Å². The first-order valence-corrected chi connectivity index (χ1v) is 30.8. The highest BCUT2D eigenvalue weighted by atomic mass is 127. The third-order valence-electron chi connectivity index (χ3n) is 13.4. The molecule has 0 unspecified atom stereocenters. The van der Waals surface area contributed by atoms with Crippen molar-refractivity contribution in [3.8, 4) is 10.4 Å². The lowest BCUT2D eigenvalue weighted by atomic mass is 9.81. The predicted molar refractivity (Wildman–Crippen MR) is 359 cm³/mol. The lowest BCUT2D eigenvalue weighted by Gasteiger charge is -2.18. The molecule has 3 aliphatic rings. The summed E-state index contributed by atoms with van der Waals surface area (Å²) in [6.45, 7) is 7.39. The topological polar surface area (TPSA) is 169 Å². The van der Waals surface area contributed by atoms with Crippen LogP contribution in [0.15, 0.2) is 204 Å². The number of hydrogen-bond acceptors (Lipinski definition) is 12. The number of para-hydroxylation sites is 3. The highest BCUT2D eigenvalue weighted by Gasteiger charge is 2.20. The number of aryl methyl sites for hydroxylation is 1. The Kier molecular flexibility index (Phi) is 18.9. The number of fused-ring (bicyclic) bond motifs is 6. The first kappa shape index (κ1) is 59.0. The van der Waals surface area contributed by atoms with Crippen molar-refractivity contribution in [2.45, 2.75) is 52.6 Å². The molecule has 11 nitrogen and oxygen atoms in total. The van der Waals surface area contributed by atoms with Crippen LogP contribution in [0.1, 0.15) is 70.2 Å². The van der Waals surface area contributed by atoms with E-state index in [0.29, 0.717) is 15.7 Å². The van der Waals surface area contributed by atoms with Crippen LogP contribution < -0.4 is 16.5 Å². The summed E-state index contributed by atoms with van der Waals surface area (Å²) < 4.78 is 8.73. The van der Waals surface area contributed by atoms with Gasteiger partial charge in [-0.25, -0.2) is 14.8 Å². The molecule has 0 bridgehead atoms. The fourth-order valence-corrected chi connectivity index (χ4v) is 12.3. The number of benzene rings is 6. The average molecular weight is 1370 g/mol. The zero-order chi connectivity index (χ0) is 58.2. The van der Waals surface area contributed by atoms with Gasteiger partial charge in [-0.1, -0.05) is 146 Å². The molecule has 1 amide bonds. The van der Waals surface area contributed by atoms with Crippen molar-refractivity contribution in [2.75, 3.05) is 11.1 Å². The largest absolute Gasteiger partial charge is 0.490 e. The van der Waals surface area contributed by atoms with Gasteiger partial charge in [0.25, 0.3) is 0 Å². The molecule has 5 N–H and O–H groups in total. The fourth-order valence-electron chi connectivity index (χ4n) is 9.48. The SMILES string of the molecule is Brc1ccc2c(c1)C(I)=CC2.Brc1ccc2c(c1)C(c1cnc3ccccc3c1)=CC2.Cc1cnc(NC(=O)OC(C)(C)C)s1.Nc1ncc(-c2ccc3c(c2)C(c2cnc4ccccc4c2)=CC3)s1.OB(O)c1cnc2ccccc2c1. The Labute approximate surface area is 520 Å². The molecule has 0 saturated heterocycles. The number of carbonyl (C=O) groups is 1. The number of halogens is 3. The number of nitrogens with one attached hydrogen (secondary N) is 1. The van der Waals surface area contributed by atoms with E-state index in [1.807, 2.05) is 94.8 Å². The number of amides is 1. The van der Waals surface area contributed by atoms with Gasteiger partial charge in [-0.3, -0.25) is 20.3 Å². The Morgan fingerprint density at radius 3 is 1.63 bits per heavy atom. The van der Waals surface area contributed by atoms with Gasteiger partial charge in [0.1, 0.15) is 5.60 Å². The number of carbonyl (C=O) groups excluding carboxylic acids is 1. The smallest absolute Gasteiger partial charge is 0.444 e. The quantitative estimate of drug-likeness (QED) is 0.0961. The molecule has 0 aliphatic heterocycles. The van der Waals surface area contributed by atoms with Crippen LogP contribution in [0.25, 0.3) is 57.9 Å². The van der Waals surface area contributed by atoms with Crippen molar-refractivity contribution >= 4 is 153 Å². The molecule has 414 valence electrons. The van der Waals surface area contributed by atoms with Crippen LogP contribution in [-0.4, -0.2) is 53.8 Å². The van der Waals surface area contributed by atoms with Crippen LogP contribution in [0.3, 0.4) is 0 Å². The summed E-state index contributed by atoms with van der Waals surface area (Å²) in [5, 5.41) is 24.8. The van der Waals surface area contributed by atoms with Gasteiger partial charge in [0.2, 0.25) is 0 Å². The van der Waals surface area contributed by atoms with E-state index in [1.165, 1.54) is 103 Å². The molecule has 6 aromatic carbocycles. The number of aromatic nitrogens is 5. The number of allylic oxidation sites excluding steroid dienone is 3. The first-order chi connectivity index (χ1) is 40.0. The molecule has 5 heterocycles. The number of pyridine rings is 3. The van der Waals surface area contributed by atoms with Crippen LogP contribution in [0.5, 0.6) is 0 Å². The summed E-state index contributed by atoms with van der Waals surface area (Å²) in [5.74, 6) is 0. The number of anilines is 2. The highest BCUT2D eigenvalue weighted by molar-refractivity contribution is 14.1. The van der Waals surface area contributed by atoms with Crippen molar-refractivity contribution in [3.63, 3.8) is 0 Å². The molecule has 0 atom stereocenters. The Hall–Kier alpha value is -7.23. The van der Waals surface area contributed by atoms with Crippen molar-refractivity contribution in [1.82, 2.24) is 24.9 Å². The molecule has 11 aromatic rings. The Bertz CT molecular complexity index is 4290. The summed E-state index contributed by atoms with van der Waals surface area (Å²) in [4.78, 5) is 34.9. The minimum absolute atomic E-state index is 0.415. The van der Waals surface area contributed by atoms with Gasteiger partial charge in [-0.2, -0.15) is 0 Å². The number of nitrogens with two attached hydrogens (primary N) is 1. The number of rotatable bonds is 5. The van der Waals surface area contributed by atoms with Crippen molar-refractivity contribution in [1.29, 1.82) is 0 Å². The second kappa shape index (κ2) is 26.6. The Balaban J connectivity index is 0.000000120. The Morgan fingerprint density at radius 1 is 0.590 bits per heavy atom. The molecule has 5 aromatic heterocycles. The summed E-state index contributed by atoms with van der Waals surface area (Å²) in [5.41, 5.74) is 22.9. The molecular weight excluding hydrogens is 1320 g/mol. The zero-order valence-electron chi connectivity index (χ0n) is 45.6. The van der Waals surface area contributed by atoms with Crippen molar-refractivity contribution in [3.05, 3.63) is 253 Å². The molecule has 0 spiro atoms. The molecule has 14 rings (SSSR count). The number of ether oxygens (including phenoxy) is 1. The maximum atomic E-state index is 11.3. The van der Waals surface area contributed by atoms with E-state index in [9.17, 15) is 4.79 Å². The normalized spacial score (nSPS) is 12.6. The lowest BCUT2D eigenvalue weighted by molar-refractivity contribution is 0.0636. The maximum Gasteiger partial charge on any atom is 0.490 e. The van der Waals surface area contributed by atoms with Gasteiger partial charge in [-0.15, -0.1) is 11.3 Å². The monoisotopic (exact) mass is 1370 g/mol. The molecule has 3 aliphatic carbocycles. The van der Waals surface area contributed by atoms with Crippen molar-refractivity contribution < 1.29 is 19.6 Å². The lowest BCUT2D eigenvalue weighted by Crippen LogP contribution is -2.29. The van der Waals surface area contributed by atoms with Gasteiger partial charge >= 0.3 is 13.2 Å². The number of nitrogens with zero attached hydrogens (tertiary/aromatic N) is 5. The number of thiazole rings is 2. The second-order valence-corrected chi connectivity index (χ2v) is 25.8. The van der Waals surface area contributed by atoms with E-state index in [4.69, 9.17) is 20.5 Å². The summed E-state index contributed by atoms with van der Waals surface area (Å²) >= 11 is 12.3. The van der Waals surface area contributed by atoms with Gasteiger partial charge < -0.3 is 20.5 Å². The third-order valence-corrected chi connectivity index (χ3v) is 17.1. The standard InChI is InChI=1S/C21H15N3S.C18H12BrN.C9H8BNO2.C9H6BrI.C9H14N2O2S/c22-21-24-12-20(25-21)15-6-5-13-7-8-17(18(13)10-15)16-9-14-3-1-2-4-19(14)23-11-16;19-15-7-5-12-6-8-16(17(12)10-15)14-9-13-3-1-2-4-18(13)20-11-14;12-10(13)8-5-7-3-1-2-4-9(7)11-6-8;10-7-3-1-6-2-4-9(11)8(6)5-7;1-6-5-10-7(14-6)11-8(12)13-9(2,3)4/h1-6,8-12H,7H2,(H2,22,24);1-5,7-11H,6H2;1-6,12-13H;1,3-5H,2H2;5H,1-4H3,(H,10,11,12). The van der Waals surface area contributed by atoms with Gasteiger partial charge in [-0.05, 0) is 186 Å². The number of nitrogen functional groups attached to an aromatic ring is 1. The Morgan fingerprint density at radius 2 is 1.10 bits per heavy atom. The molecule has 17 heteroatoms. The van der Waals surface area contributed by atoms with Crippen LogP contribution >= 0.6 is 77.1 Å². The van der Waals surface area contributed by atoms with E-state index in [-0.39, 0.29) is 0 Å². The predicted octanol–water partition coefficient (Wildman–Crippen LogP) is 16.4. The van der Waals surface area contributed by atoms with Gasteiger partial charge in [0.15, 0.2) is 10.3 Å². The zero-order valence-corrected chi connectivity index (χ0v) is 52.6. The molecule has 0 radical (unpaired) electrons. The molecule has 0 fully saturated rings. The minimum Gasteiger partial charge on any atom is -0.444 e. The molecular formula is C66H55BBr2IN7O4S2. The number of hydrogen-bond donors (Lipinski definition) is 4. The van der Waals surface area contributed by atoms with E-state index in [0.717, 1.165) is 61.0 Å². The van der Waals surface area contributed by atoms with E-state index in [2.05, 4.69) is 194 Å². The van der Waals surface area contributed by atoms with E-state index in [1.54, 1.807) is 12.3 Å². The summed E-state index contributed by atoms with van der Waals surface area (Å²) in [6.07, 6.45) is 18.4. The van der Waals surface area contributed by atoms with E-state index < -0.39 is 18.8 Å². The average Bonchev–Trinajstić information content (AvgIpc) is 4.52. The third kappa shape index (κ3) is 15.1. The first-order valence-electron chi connectivity index (χ1n) is 26.5. The van der Waals surface area contributed by atoms with Crippen LogP contribution in [0, 0.1) is 6.92 Å². The highest BCUT2D eigenvalue weighted by Crippen LogP contribution is 2.39. The van der Waals surface area contributed by atoms with Crippen LogP contribution in [0.2, 0.25) is 0 Å². The minimum atomic E-state index is -1.45. The molecule has 0 saturated carbocycles. The van der Waals surface area contributed by atoms with Crippen molar-refractivity contribution in [2.24, 2.45) is 0 Å².